The van der Waals surface area contributed by atoms with Gasteiger partial charge in [-0.3, -0.25) is 34.1 Å². The number of rotatable bonds is 22. The van der Waals surface area contributed by atoms with E-state index in [0.717, 1.165) is 41.2 Å². The van der Waals surface area contributed by atoms with E-state index in [2.05, 4.69) is 5.32 Å². The maximum absolute atomic E-state index is 12.6. The number of nitrogens with one attached hydrogen (secondary N) is 1. The summed E-state index contributed by atoms with van der Waals surface area (Å²) in [6.07, 6.45) is 9.88. The smallest absolute Gasteiger partial charge is 0.328 e. The van der Waals surface area contributed by atoms with Crippen LogP contribution in [0.4, 0.5) is 0 Å². The number of hydrogen-bond donors (Lipinski definition) is 1. The third-order valence-electron chi connectivity index (χ3n) is 7.72. The Morgan fingerprint density at radius 3 is 2.14 bits per heavy atom. The van der Waals surface area contributed by atoms with Crippen molar-refractivity contribution in [3.8, 4) is 0 Å². The van der Waals surface area contributed by atoms with Gasteiger partial charge >= 0.3 is 5.97 Å². The second kappa shape index (κ2) is 20.6. The van der Waals surface area contributed by atoms with Gasteiger partial charge in [-0.25, -0.2) is 0 Å². The number of hydrogen-bond acceptors (Lipinski definition) is 10. The van der Waals surface area contributed by atoms with Gasteiger partial charge in [0.25, 0.3) is 0 Å². The van der Waals surface area contributed by atoms with Gasteiger partial charge in [0.2, 0.25) is 0 Å². The summed E-state index contributed by atoms with van der Waals surface area (Å²) in [6.45, 7) is 4.31. The first-order valence-electron chi connectivity index (χ1n) is 15.4. The van der Waals surface area contributed by atoms with Crippen LogP contribution < -0.4 is 5.32 Å². The van der Waals surface area contributed by atoms with E-state index in [-0.39, 0.29) is 41.4 Å². The van der Waals surface area contributed by atoms with E-state index in [0.29, 0.717) is 50.3 Å². The van der Waals surface area contributed by atoms with E-state index in [1.807, 2.05) is 31.2 Å². The quantitative estimate of drug-likeness (QED) is 0.0550. The molecule has 2 rings (SSSR count). The predicted molar refractivity (Wildman–Crippen MR) is 172 cm³/mol. The van der Waals surface area contributed by atoms with Crippen molar-refractivity contribution < 1.29 is 33.5 Å². The summed E-state index contributed by atoms with van der Waals surface area (Å²) in [5.41, 5.74) is 1.75. The number of carbonyl (C=O) groups excluding carboxylic acids is 6. The molecule has 1 aromatic carbocycles. The average molecular weight is 634 g/mol. The zero-order valence-electron chi connectivity index (χ0n) is 25.8. The number of Topliss-reactive ketones (excluding diaryl/α,β-unsaturated/α-hetero) is 5. The summed E-state index contributed by atoms with van der Waals surface area (Å²) in [7, 11) is 2.36. The molecule has 0 bridgehead atoms. The second-order valence-corrected chi connectivity index (χ2v) is 13.9. The van der Waals surface area contributed by atoms with Crippen molar-refractivity contribution in [1.82, 2.24) is 5.32 Å². The van der Waals surface area contributed by atoms with Crippen LogP contribution in [0.3, 0.4) is 0 Å². The Kier molecular flexibility index (Phi) is 17.7. The van der Waals surface area contributed by atoms with Crippen LogP contribution in [-0.4, -0.2) is 58.7 Å². The molecule has 1 unspecified atom stereocenters. The highest BCUT2D eigenvalue weighted by Crippen LogP contribution is 2.30. The lowest BCUT2D eigenvalue weighted by atomic mass is 9.84. The van der Waals surface area contributed by atoms with Crippen molar-refractivity contribution in [2.75, 3.05) is 12.5 Å². The first-order valence-corrected chi connectivity index (χ1v) is 17.8. The molecule has 0 heterocycles. The lowest BCUT2D eigenvalue weighted by Gasteiger charge is -2.25. The monoisotopic (exact) mass is 633 g/mol. The molecular weight excluding hydrogens is 586 g/mol. The maximum Gasteiger partial charge on any atom is 0.328 e. The molecule has 0 aliphatic heterocycles. The van der Waals surface area contributed by atoms with E-state index in [1.165, 1.54) is 37.0 Å². The fourth-order valence-electron chi connectivity index (χ4n) is 5.06. The lowest BCUT2D eigenvalue weighted by Crippen LogP contribution is -2.37. The number of ketones is 5. The molecule has 8 nitrogen and oxygen atoms in total. The Hall–Kier alpha value is -2.30. The molecule has 1 fully saturated rings. The van der Waals surface area contributed by atoms with Crippen LogP contribution in [-0.2, 0) is 46.3 Å². The zero-order valence-corrected chi connectivity index (χ0v) is 27.5. The van der Waals surface area contributed by atoms with Gasteiger partial charge in [0.1, 0.15) is 24.0 Å². The maximum atomic E-state index is 12.6. The van der Waals surface area contributed by atoms with Gasteiger partial charge in [0.15, 0.2) is 16.8 Å². The number of carbonyl (C=O) groups is 6. The van der Waals surface area contributed by atoms with E-state index >= 15 is 0 Å². The number of ether oxygens (including phenoxy) is 1. The van der Waals surface area contributed by atoms with Crippen LogP contribution in [0.2, 0.25) is 0 Å². The molecule has 0 amide bonds. The van der Waals surface area contributed by atoms with Crippen LogP contribution >= 0.6 is 21.6 Å². The molecule has 10 heteroatoms. The van der Waals surface area contributed by atoms with Crippen molar-refractivity contribution in [3.05, 3.63) is 35.4 Å². The van der Waals surface area contributed by atoms with Crippen LogP contribution in [0.5, 0.6) is 0 Å². The van der Waals surface area contributed by atoms with Gasteiger partial charge in [-0.05, 0) is 50.2 Å². The van der Waals surface area contributed by atoms with Crippen molar-refractivity contribution in [2.45, 2.75) is 116 Å². The van der Waals surface area contributed by atoms with Gasteiger partial charge < -0.3 is 4.74 Å². The minimum Gasteiger partial charge on any atom is -0.456 e. The molecule has 1 aliphatic rings. The van der Waals surface area contributed by atoms with Crippen molar-refractivity contribution in [3.63, 3.8) is 0 Å². The van der Waals surface area contributed by atoms with E-state index in [4.69, 9.17) is 4.74 Å². The Bertz CT molecular complexity index is 1080. The summed E-state index contributed by atoms with van der Waals surface area (Å²) >= 11 is 0. The fraction of sp³-hybridized carbons (Fsp3) is 0.636. The Labute approximate surface area is 264 Å². The molecule has 0 saturated heterocycles. The van der Waals surface area contributed by atoms with Gasteiger partial charge in [-0.15, -0.1) is 0 Å². The summed E-state index contributed by atoms with van der Waals surface area (Å²) in [6, 6.07) is 7.16. The number of benzene rings is 1. The molecule has 0 spiro atoms. The SMILES string of the molecule is CCC(=O)CCCC(=O)CCc1ccc(CC(=O)COC(=O)C(SSCN[C@@H](CC2CCCCC2)C(C)=O)C(C)=O)cc1. The first kappa shape index (κ1) is 36.9. The first-order chi connectivity index (χ1) is 20.6. The third kappa shape index (κ3) is 15.3. The molecule has 1 N–H and O–H groups in total. The normalized spacial score (nSPS) is 15.0. The van der Waals surface area contributed by atoms with Crippen LogP contribution in [0.15, 0.2) is 24.3 Å². The molecule has 238 valence electrons. The predicted octanol–water partition coefficient (Wildman–Crippen LogP) is 5.81. The third-order valence-corrected chi connectivity index (χ3v) is 10.2. The highest BCUT2D eigenvalue weighted by Gasteiger charge is 2.27. The number of aryl methyl sites for hydroxylation is 1. The molecular formula is C33H47NO7S2. The van der Waals surface area contributed by atoms with Crippen LogP contribution in [0, 0.1) is 5.92 Å². The molecule has 1 aliphatic carbocycles. The van der Waals surface area contributed by atoms with Crippen LogP contribution in [0.25, 0.3) is 0 Å². The number of esters is 1. The highest BCUT2D eigenvalue weighted by molar-refractivity contribution is 8.77. The zero-order chi connectivity index (χ0) is 31.6. The molecule has 1 saturated carbocycles. The van der Waals surface area contributed by atoms with E-state index < -0.39 is 17.8 Å². The van der Waals surface area contributed by atoms with Gasteiger partial charge in [-0.2, -0.15) is 0 Å². The Morgan fingerprint density at radius 1 is 0.860 bits per heavy atom. The summed E-state index contributed by atoms with van der Waals surface area (Å²) in [5, 5.41) is 2.20. The summed E-state index contributed by atoms with van der Waals surface area (Å²) in [4.78, 5) is 72.7. The average Bonchev–Trinajstić information content (AvgIpc) is 2.99. The van der Waals surface area contributed by atoms with Gasteiger partial charge in [0, 0.05) is 32.1 Å². The fourth-order valence-corrected chi connectivity index (χ4v) is 7.27. The molecule has 2 atom stereocenters. The van der Waals surface area contributed by atoms with Crippen molar-refractivity contribution in [1.29, 1.82) is 0 Å². The van der Waals surface area contributed by atoms with E-state index in [9.17, 15) is 28.8 Å². The van der Waals surface area contributed by atoms with Gasteiger partial charge in [0.05, 0.1) is 11.9 Å². The second-order valence-electron chi connectivity index (χ2n) is 11.4. The van der Waals surface area contributed by atoms with Crippen molar-refractivity contribution in [2.24, 2.45) is 5.92 Å². The molecule has 1 aromatic rings. The standard InChI is InChI=1S/C33H47NO7S2/c1-4-28(37)11-8-12-29(38)18-17-25-13-15-27(16-14-25)19-30(39)21-41-33(40)32(24(3)36)43-42-22-34-31(23(2)35)20-26-9-6-5-7-10-26/h13-16,26,31-32,34H,4-12,17-22H2,1-3H3/t31-,32?/m0/s1. The Morgan fingerprint density at radius 2 is 1.51 bits per heavy atom. The van der Waals surface area contributed by atoms with E-state index in [1.54, 1.807) is 6.92 Å². The van der Waals surface area contributed by atoms with Crippen molar-refractivity contribution >= 4 is 56.5 Å². The summed E-state index contributed by atoms with van der Waals surface area (Å²) in [5.74, 6) is -0.0259. The molecule has 0 radical (unpaired) electrons. The lowest BCUT2D eigenvalue weighted by molar-refractivity contribution is -0.148. The van der Waals surface area contributed by atoms with Gasteiger partial charge in [-0.1, -0.05) is 84.9 Å². The minimum atomic E-state index is -1.05. The Balaban J connectivity index is 1.70. The minimum absolute atomic E-state index is 0.0852. The van der Waals surface area contributed by atoms with Crippen LogP contribution in [0.1, 0.15) is 103 Å². The largest absolute Gasteiger partial charge is 0.456 e. The topological polar surface area (TPSA) is 124 Å². The molecule has 0 aromatic heterocycles. The summed E-state index contributed by atoms with van der Waals surface area (Å²) < 4.78 is 5.18. The highest BCUT2D eigenvalue weighted by atomic mass is 33.1. The molecule has 43 heavy (non-hydrogen) atoms.